The van der Waals surface area contributed by atoms with Gasteiger partial charge in [0.15, 0.2) is 0 Å². The van der Waals surface area contributed by atoms with Crippen LogP contribution < -0.4 is 19.9 Å². The molecule has 38 heavy (non-hydrogen) atoms. The Morgan fingerprint density at radius 3 is 2.47 bits per heavy atom. The third kappa shape index (κ3) is 5.67. The summed E-state index contributed by atoms with van der Waals surface area (Å²) in [6, 6.07) is 9.93. The van der Waals surface area contributed by atoms with Crippen molar-refractivity contribution >= 4 is 45.0 Å². The summed E-state index contributed by atoms with van der Waals surface area (Å²) >= 11 is 3.30. The second kappa shape index (κ2) is 10.9. The molecule has 0 bridgehead atoms. The number of halogens is 5. The van der Waals surface area contributed by atoms with Gasteiger partial charge in [0.2, 0.25) is 5.88 Å². The number of alkyl halides is 3. The summed E-state index contributed by atoms with van der Waals surface area (Å²) in [5.41, 5.74) is 0.266. The van der Waals surface area contributed by atoms with E-state index in [4.69, 9.17) is 9.84 Å². The first-order chi connectivity index (χ1) is 18.0. The maximum atomic E-state index is 14.2. The fourth-order valence-electron chi connectivity index (χ4n) is 4.15. The Morgan fingerprint density at radius 1 is 1.11 bits per heavy atom. The van der Waals surface area contributed by atoms with Crippen LogP contribution in [0.5, 0.6) is 5.88 Å². The molecule has 0 radical (unpaired) electrons. The average molecular weight is 597 g/mol. The lowest BCUT2D eigenvalue weighted by Gasteiger charge is -2.39. The van der Waals surface area contributed by atoms with Gasteiger partial charge in [-0.3, -0.25) is 9.69 Å². The molecule has 1 aliphatic heterocycles. The van der Waals surface area contributed by atoms with Crippen LogP contribution in [0.15, 0.2) is 53.1 Å². The highest BCUT2D eigenvalue weighted by atomic mass is 79.9. The van der Waals surface area contributed by atoms with Crippen LogP contribution in [0.2, 0.25) is 0 Å². The summed E-state index contributed by atoms with van der Waals surface area (Å²) in [5.74, 6) is -0.948. The Bertz CT molecular complexity index is 1390. The minimum Gasteiger partial charge on any atom is -0.481 e. The average Bonchev–Trinajstić information content (AvgIpc) is 2.86. The van der Waals surface area contributed by atoms with E-state index in [0.717, 1.165) is 12.1 Å². The third-order valence-electron chi connectivity index (χ3n) is 5.91. The van der Waals surface area contributed by atoms with E-state index in [-0.39, 0.29) is 47.1 Å². The molecule has 0 saturated heterocycles. The summed E-state index contributed by atoms with van der Waals surface area (Å²) in [7, 11) is 1.42. The highest BCUT2D eigenvalue weighted by Gasteiger charge is 2.37. The molecule has 0 spiro atoms. The number of benzene rings is 2. The molecule has 4 rings (SSSR count). The molecule has 8 nitrogen and oxygen atoms in total. The van der Waals surface area contributed by atoms with Gasteiger partial charge in [0.1, 0.15) is 17.1 Å². The van der Waals surface area contributed by atoms with Gasteiger partial charge >= 0.3 is 12.3 Å². The van der Waals surface area contributed by atoms with Crippen LogP contribution in [0.25, 0.3) is 0 Å². The van der Waals surface area contributed by atoms with Crippen molar-refractivity contribution < 1.29 is 37.0 Å². The van der Waals surface area contributed by atoms with Crippen molar-refractivity contribution in [1.82, 2.24) is 10.3 Å². The lowest BCUT2D eigenvalue weighted by molar-refractivity contribution is -0.137. The molecule has 0 unspecified atom stereocenters. The quantitative estimate of drug-likeness (QED) is 0.198. The zero-order valence-corrected chi connectivity index (χ0v) is 21.4. The molecule has 2 aromatic carbocycles. The number of nitrogens with zero attached hydrogens (tertiary/aromatic N) is 3. The van der Waals surface area contributed by atoms with Crippen LogP contribution in [0, 0.1) is 5.82 Å². The number of carbonyl (C=O) groups excluding carboxylic acids is 1. The van der Waals surface area contributed by atoms with E-state index < -0.39 is 29.6 Å². The van der Waals surface area contributed by atoms with Crippen molar-refractivity contribution in [2.24, 2.45) is 0 Å². The molecule has 2 N–H and O–H groups in total. The second-order valence-electron chi connectivity index (χ2n) is 8.30. The molecule has 0 aliphatic carbocycles. The monoisotopic (exact) mass is 596 g/mol. The van der Waals surface area contributed by atoms with Crippen molar-refractivity contribution in [1.29, 1.82) is 0 Å². The number of carbonyl (C=O) groups is 2. The highest BCUT2D eigenvalue weighted by Crippen LogP contribution is 2.41. The molecule has 1 aliphatic rings. The first-order valence-electron chi connectivity index (χ1n) is 11.3. The molecule has 2 amide bonds. The van der Waals surface area contributed by atoms with Crippen molar-refractivity contribution in [2.45, 2.75) is 19.0 Å². The largest absolute Gasteiger partial charge is 0.481 e. The van der Waals surface area contributed by atoms with Gasteiger partial charge in [0.05, 0.1) is 29.6 Å². The number of anilines is 3. The summed E-state index contributed by atoms with van der Waals surface area (Å²) in [5, 5.41) is 11.0. The normalized spacial score (nSPS) is 13.4. The van der Waals surface area contributed by atoms with Crippen LogP contribution in [0.4, 0.5) is 39.4 Å². The van der Waals surface area contributed by atoms with Crippen molar-refractivity contribution in [3.05, 3.63) is 75.6 Å². The number of aryl methyl sites for hydroxylation is 1. The van der Waals surface area contributed by atoms with Gasteiger partial charge in [-0.25, -0.2) is 14.2 Å². The fourth-order valence-corrected chi connectivity index (χ4v) is 4.68. The SMILES string of the molecule is COc1ccc(N2CN(c3ccc(F)cc3CCCNC(=O)O)c3ccc(C(F)(F)F)cc3C2=O)c(Br)n1. The van der Waals surface area contributed by atoms with E-state index in [2.05, 4.69) is 26.2 Å². The van der Waals surface area contributed by atoms with Crippen molar-refractivity contribution in [2.75, 3.05) is 30.1 Å². The molecular formula is C25H21BrF4N4O4. The minimum atomic E-state index is -4.68. The Labute approximate surface area is 223 Å². The molecule has 1 aromatic heterocycles. The summed E-state index contributed by atoms with van der Waals surface area (Å²) in [6.45, 7) is 0.00169. The molecule has 0 fully saturated rings. The van der Waals surface area contributed by atoms with Gasteiger partial charge in [0, 0.05) is 18.3 Å². The molecule has 200 valence electrons. The van der Waals surface area contributed by atoms with Crippen LogP contribution in [-0.4, -0.2) is 42.4 Å². The lowest BCUT2D eigenvalue weighted by Crippen LogP contribution is -2.45. The number of aromatic nitrogens is 1. The number of hydrogen-bond donors (Lipinski definition) is 2. The van der Waals surface area contributed by atoms with Crippen molar-refractivity contribution in [3.63, 3.8) is 0 Å². The van der Waals surface area contributed by atoms with E-state index in [0.29, 0.717) is 17.7 Å². The van der Waals surface area contributed by atoms with Crippen LogP contribution in [-0.2, 0) is 12.6 Å². The lowest BCUT2D eigenvalue weighted by atomic mass is 10.0. The number of hydrogen-bond acceptors (Lipinski definition) is 5. The molecule has 0 saturated carbocycles. The van der Waals surface area contributed by atoms with E-state index in [1.54, 1.807) is 11.0 Å². The summed E-state index contributed by atoms with van der Waals surface area (Å²) in [4.78, 5) is 31.4. The van der Waals surface area contributed by atoms with Gasteiger partial charge in [-0.1, -0.05) is 0 Å². The summed E-state index contributed by atoms with van der Waals surface area (Å²) in [6.07, 6.45) is -5.26. The number of rotatable bonds is 7. The highest BCUT2D eigenvalue weighted by molar-refractivity contribution is 9.10. The Morgan fingerprint density at radius 2 is 1.82 bits per heavy atom. The topological polar surface area (TPSA) is 95.0 Å². The molecule has 0 atom stereocenters. The van der Waals surface area contributed by atoms with Gasteiger partial charge in [0.25, 0.3) is 5.91 Å². The van der Waals surface area contributed by atoms with Crippen molar-refractivity contribution in [3.8, 4) is 5.88 Å². The Kier molecular flexibility index (Phi) is 7.76. The maximum Gasteiger partial charge on any atom is 0.416 e. The Hall–Kier alpha value is -3.87. The predicted octanol–water partition coefficient (Wildman–Crippen LogP) is 5.97. The van der Waals surface area contributed by atoms with Gasteiger partial charge in [-0.15, -0.1) is 0 Å². The molecule has 3 aromatic rings. The smallest absolute Gasteiger partial charge is 0.416 e. The first-order valence-corrected chi connectivity index (χ1v) is 12.1. The number of methoxy groups -OCH3 is 1. The maximum absolute atomic E-state index is 14.2. The number of carboxylic acid groups (broad SMARTS) is 1. The third-order valence-corrected chi connectivity index (χ3v) is 6.49. The van der Waals surface area contributed by atoms with Crippen LogP contribution >= 0.6 is 15.9 Å². The number of amides is 2. The number of pyridine rings is 1. The van der Waals surface area contributed by atoms with E-state index in [1.165, 1.54) is 42.3 Å². The standard InChI is InChI=1S/C25H21BrF4N4O4/c1-38-21-9-8-20(22(26)32-21)34-13-33(19-6-4-15(25(28,29)30)12-17(19)23(34)35)18-7-5-16(27)11-14(18)3-2-10-31-24(36)37/h4-9,11-12,31H,2-3,10,13H2,1H3,(H,36,37). The predicted molar refractivity (Wildman–Crippen MR) is 134 cm³/mol. The number of fused-ring (bicyclic) bond motifs is 1. The van der Waals surface area contributed by atoms with Gasteiger partial charge in [-0.05, 0) is 76.8 Å². The van der Waals surface area contributed by atoms with Gasteiger partial charge < -0.3 is 20.1 Å². The minimum absolute atomic E-state index is 0.115. The number of nitrogens with one attached hydrogen (secondary N) is 1. The summed E-state index contributed by atoms with van der Waals surface area (Å²) < 4.78 is 60.2. The fraction of sp³-hybridized carbons (Fsp3) is 0.240. The molecule has 2 heterocycles. The molecule has 13 heteroatoms. The van der Waals surface area contributed by atoms with Crippen LogP contribution in [0.1, 0.15) is 27.9 Å². The van der Waals surface area contributed by atoms with Crippen LogP contribution in [0.3, 0.4) is 0 Å². The first kappa shape index (κ1) is 27.2. The Balaban J connectivity index is 1.82. The van der Waals surface area contributed by atoms with Gasteiger partial charge in [-0.2, -0.15) is 13.2 Å². The zero-order chi connectivity index (χ0) is 27.6. The second-order valence-corrected chi connectivity index (χ2v) is 9.06. The van der Waals surface area contributed by atoms with E-state index in [1.807, 2.05) is 0 Å². The van der Waals surface area contributed by atoms with E-state index in [9.17, 15) is 27.2 Å². The number of ether oxygens (including phenoxy) is 1. The molecular weight excluding hydrogens is 576 g/mol. The van der Waals surface area contributed by atoms with E-state index >= 15 is 0 Å². The zero-order valence-electron chi connectivity index (χ0n) is 19.9.